The SMILES string of the molecule is CCC(CC)COC(=O)[C@H](C)NP(=O)(OC[C@H]1S[C@@H](n2cnc(N)nc2=O)[C@@H](O)[C@H]1O)Oc1cccc2ccccc12. The van der Waals surface area contributed by atoms with Gasteiger partial charge < -0.3 is 25.2 Å². The quantitative estimate of drug-likeness (QED) is 0.161. The van der Waals surface area contributed by atoms with Crippen LogP contribution in [0.3, 0.4) is 0 Å². The number of fused-ring (bicyclic) bond motifs is 1. The molecule has 1 aliphatic heterocycles. The van der Waals surface area contributed by atoms with Crippen molar-refractivity contribution in [2.75, 3.05) is 18.9 Å². The van der Waals surface area contributed by atoms with E-state index in [1.807, 2.05) is 38.1 Å². The lowest BCUT2D eigenvalue weighted by molar-refractivity contribution is -0.146. The summed E-state index contributed by atoms with van der Waals surface area (Å²) in [6.07, 6.45) is 0.0733. The van der Waals surface area contributed by atoms with Crippen molar-refractivity contribution in [1.82, 2.24) is 19.6 Å². The molecule has 1 fully saturated rings. The molecule has 0 bridgehead atoms. The Hall–Kier alpha value is -3.00. The molecule has 2 heterocycles. The van der Waals surface area contributed by atoms with Gasteiger partial charge in [0.1, 0.15) is 29.6 Å². The van der Waals surface area contributed by atoms with Gasteiger partial charge in [0, 0.05) is 5.39 Å². The van der Waals surface area contributed by atoms with Crippen LogP contribution in [0.2, 0.25) is 0 Å². The predicted octanol–water partition coefficient (Wildman–Crippen LogP) is 2.87. The lowest BCUT2D eigenvalue weighted by Gasteiger charge is -2.25. The van der Waals surface area contributed by atoms with E-state index in [4.69, 9.17) is 19.5 Å². The molecule has 0 spiro atoms. The first kappa shape index (κ1) is 31.9. The normalized spacial score (nSPS) is 22.6. The number of nitrogens with two attached hydrogens (primary N) is 1. The number of nitrogens with one attached hydrogen (secondary N) is 1. The van der Waals surface area contributed by atoms with Crippen LogP contribution in [0.1, 0.15) is 39.0 Å². The van der Waals surface area contributed by atoms with Crippen molar-refractivity contribution in [1.29, 1.82) is 0 Å². The maximum atomic E-state index is 14.2. The lowest BCUT2D eigenvalue weighted by Crippen LogP contribution is -2.38. The number of hydrogen-bond donors (Lipinski definition) is 4. The topological polar surface area (TPSA) is 188 Å². The number of esters is 1. The second-order valence-electron chi connectivity index (χ2n) is 9.98. The number of aliphatic hydroxyl groups is 2. The van der Waals surface area contributed by atoms with Gasteiger partial charge in [-0.3, -0.25) is 13.9 Å². The highest BCUT2D eigenvalue weighted by atomic mass is 32.2. The number of hydrogen-bond acceptors (Lipinski definition) is 12. The smallest absolute Gasteiger partial charge is 0.459 e. The molecule has 1 aromatic heterocycles. The molecular weight excluding hydrogens is 585 g/mol. The van der Waals surface area contributed by atoms with Gasteiger partial charge in [0.05, 0.1) is 24.6 Å². The van der Waals surface area contributed by atoms with Crippen LogP contribution in [0.25, 0.3) is 10.8 Å². The molecule has 5 N–H and O–H groups in total. The van der Waals surface area contributed by atoms with Crippen LogP contribution in [0.5, 0.6) is 5.75 Å². The van der Waals surface area contributed by atoms with Gasteiger partial charge in [0.2, 0.25) is 5.95 Å². The molecule has 4 rings (SSSR count). The maximum absolute atomic E-state index is 14.2. The first-order valence-corrected chi connectivity index (χ1v) is 16.1. The zero-order valence-electron chi connectivity index (χ0n) is 23.5. The lowest BCUT2D eigenvalue weighted by atomic mass is 10.1. The molecule has 2 aromatic carbocycles. The standard InChI is InChI=1S/C27H36N5O8PS/c1-4-17(5-2)13-38-25(35)16(3)31-41(37,40-20-12-8-10-18-9-6-7-11-19(18)20)39-14-21-22(33)23(34)24(42-21)32-15-29-26(28)30-27(32)36/h6-12,15-17,21-24,33-34H,4-5,13-14H2,1-3H3,(H,31,37)(H2,28,30,36)/t16-,21+,22-,23-,24+,41?/m0/s1. The number of carbonyl (C=O) groups excluding carboxylic acids is 1. The maximum Gasteiger partial charge on any atom is 0.459 e. The third-order valence-electron chi connectivity index (χ3n) is 7.06. The van der Waals surface area contributed by atoms with Gasteiger partial charge in [0.25, 0.3) is 0 Å². The highest BCUT2D eigenvalue weighted by Crippen LogP contribution is 2.49. The summed E-state index contributed by atoms with van der Waals surface area (Å²) in [5.74, 6) is -0.389. The summed E-state index contributed by atoms with van der Waals surface area (Å²) in [7, 11) is -4.29. The first-order chi connectivity index (χ1) is 20.0. The Balaban J connectivity index is 1.54. The Bertz CT molecular complexity index is 1480. The van der Waals surface area contributed by atoms with Gasteiger partial charge in [0.15, 0.2) is 0 Å². The summed E-state index contributed by atoms with van der Waals surface area (Å²) < 4.78 is 32.4. The Morgan fingerprint density at radius 3 is 2.60 bits per heavy atom. The van der Waals surface area contributed by atoms with E-state index in [0.29, 0.717) is 5.39 Å². The monoisotopic (exact) mass is 621 g/mol. The number of benzene rings is 2. The fourth-order valence-electron chi connectivity index (χ4n) is 4.43. The van der Waals surface area contributed by atoms with Crippen molar-refractivity contribution in [3.63, 3.8) is 0 Å². The van der Waals surface area contributed by atoms with Crippen molar-refractivity contribution in [3.8, 4) is 5.75 Å². The molecule has 42 heavy (non-hydrogen) atoms. The molecule has 1 unspecified atom stereocenters. The van der Waals surface area contributed by atoms with E-state index in [0.717, 1.165) is 40.9 Å². The summed E-state index contributed by atoms with van der Waals surface area (Å²) in [6.45, 7) is 5.37. The minimum Gasteiger partial charge on any atom is -0.464 e. The fourth-order valence-corrected chi connectivity index (χ4v) is 7.49. The van der Waals surface area contributed by atoms with E-state index in [9.17, 15) is 24.4 Å². The highest BCUT2D eigenvalue weighted by molar-refractivity contribution is 8.00. The number of nitrogen functional groups attached to an aromatic ring is 1. The van der Waals surface area contributed by atoms with Gasteiger partial charge in [-0.1, -0.05) is 63.1 Å². The summed E-state index contributed by atoms with van der Waals surface area (Å²) in [5, 5.41) is 23.8. The third kappa shape index (κ3) is 7.49. The molecule has 228 valence electrons. The molecule has 0 saturated carbocycles. The van der Waals surface area contributed by atoms with Crippen LogP contribution < -0.4 is 21.0 Å². The van der Waals surface area contributed by atoms with Crippen LogP contribution in [-0.4, -0.2) is 67.4 Å². The van der Waals surface area contributed by atoms with Crippen molar-refractivity contribution in [2.24, 2.45) is 5.92 Å². The first-order valence-electron chi connectivity index (χ1n) is 13.6. The Kier molecular flexibility index (Phi) is 10.6. The van der Waals surface area contributed by atoms with Crippen LogP contribution in [0.4, 0.5) is 5.95 Å². The second-order valence-corrected chi connectivity index (χ2v) is 13.0. The molecule has 15 heteroatoms. The number of ether oxygens (including phenoxy) is 1. The van der Waals surface area contributed by atoms with Gasteiger partial charge in [-0.15, -0.1) is 11.8 Å². The zero-order valence-corrected chi connectivity index (χ0v) is 25.2. The molecule has 6 atom stereocenters. The van der Waals surface area contributed by atoms with Gasteiger partial charge in [-0.25, -0.2) is 14.3 Å². The van der Waals surface area contributed by atoms with E-state index >= 15 is 0 Å². The van der Waals surface area contributed by atoms with E-state index in [2.05, 4.69) is 15.1 Å². The summed E-state index contributed by atoms with van der Waals surface area (Å²) in [4.78, 5) is 32.4. The molecule has 1 aliphatic rings. The number of rotatable bonds is 13. The number of nitrogens with zero attached hydrogens (tertiary/aromatic N) is 3. The van der Waals surface area contributed by atoms with Gasteiger partial charge in [-0.05, 0) is 24.3 Å². The Morgan fingerprint density at radius 1 is 1.17 bits per heavy atom. The average molecular weight is 622 g/mol. The minimum absolute atomic E-state index is 0.204. The van der Waals surface area contributed by atoms with E-state index in [-0.39, 0.29) is 30.8 Å². The zero-order chi connectivity index (χ0) is 30.4. The number of thioether (sulfide) groups is 1. The highest BCUT2D eigenvalue weighted by Gasteiger charge is 2.45. The summed E-state index contributed by atoms with van der Waals surface area (Å²) >= 11 is 1.01. The van der Waals surface area contributed by atoms with Crippen molar-refractivity contribution in [2.45, 2.75) is 62.5 Å². The van der Waals surface area contributed by atoms with E-state index in [1.54, 1.807) is 18.2 Å². The van der Waals surface area contributed by atoms with Gasteiger partial charge >= 0.3 is 19.4 Å². The molecule has 0 aliphatic carbocycles. The number of aromatic nitrogens is 3. The largest absolute Gasteiger partial charge is 0.464 e. The third-order valence-corrected chi connectivity index (χ3v) is 10.2. The summed E-state index contributed by atoms with van der Waals surface area (Å²) in [6, 6.07) is 11.5. The minimum atomic E-state index is -4.29. The van der Waals surface area contributed by atoms with E-state index < -0.39 is 48.3 Å². The molecule has 0 amide bonds. The van der Waals surface area contributed by atoms with Gasteiger partial charge in [-0.2, -0.15) is 10.1 Å². The second kappa shape index (κ2) is 14.0. The number of carbonyl (C=O) groups is 1. The van der Waals surface area contributed by atoms with Crippen LogP contribution in [0.15, 0.2) is 53.6 Å². The molecular formula is C27H36N5O8PS. The molecule has 0 radical (unpaired) electrons. The van der Waals surface area contributed by atoms with Crippen molar-refractivity contribution >= 4 is 42.2 Å². The number of aliphatic hydroxyl groups excluding tert-OH is 2. The predicted molar refractivity (Wildman–Crippen MR) is 159 cm³/mol. The number of anilines is 1. The molecule has 3 aromatic rings. The fraction of sp³-hybridized carbons (Fsp3) is 0.481. The van der Waals surface area contributed by atoms with Crippen LogP contribution >= 0.6 is 19.5 Å². The average Bonchev–Trinajstić information content (AvgIpc) is 3.25. The van der Waals surface area contributed by atoms with Crippen LogP contribution in [0, 0.1) is 5.92 Å². The Morgan fingerprint density at radius 2 is 1.88 bits per heavy atom. The molecule has 1 saturated heterocycles. The Labute approximate surface area is 247 Å². The van der Waals surface area contributed by atoms with E-state index in [1.165, 1.54) is 6.92 Å². The van der Waals surface area contributed by atoms with Crippen molar-refractivity contribution in [3.05, 3.63) is 59.3 Å². The van der Waals surface area contributed by atoms with Crippen molar-refractivity contribution < 1.29 is 33.4 Å². The van der Waals surface area contributed by atoms with Crippen LogP contribution in [-0.2, 0) is 18.6 Å². The summed E-state index contributed by atoms with van der Waals surface area (Å²) in [5.41, 5.74) is 4.71. The molecule has 13 nitrogen and oxygen atoms in total.